The van der Waals surface area contributed by atoms with E-state index in [-0.39, 0.29) is 18.3 Å². The third kappa shape index (κ3) is 5.77. The molecule has 1 aromatic carbocycles. The molecule has 4 nitrogen and oxygen atoms in total. The van der Waals surface area contributed by atoms with E-state index in [9.17, 15) is 4.79 Å². The number of amides is 1. The van der Waals surface area contributed by atoms with Gasteiger partial charge in [0.25, 0.3) is 0 Å². The minimum Gasteiger partial charge on any atom is -0.496 e. The Morgan fingerprint density at radius 1 is 1.52 bits per heavy atom. The maximum atomic E-state index is 11.9. The van der Waals surface area contributed by atoms with Gasteiger partial charge in [0.1, 0.15) is 5.75 Å². The first-order valence-electron chi connectivity index (χ1n) is 6.90. The summed E-state index contributed by atoms with van der Waals surface area (Å²) in [5.74, 6) is 3.12. The van der Waals surface area contributed by atoms with Crippen LogP contribution in [0.25, 0.3) is 0 Å². The van der Waals surface area contributed by atoms with Gasteiger partial charge in [-0.2, -0.15) is 11.8 Å². The molecule has 1 saturated heterocycles. The van der Waals surface area contributed by atoms with Crippen LogP contribution in [-0.4, -0.2) is 37.1 Å². The molecule has 2 rings (SSSR count). The summed E-state index contributed by atoms with van der Waals surface area (Å²) >= 11 is 1.91. The van der Waals surface area contributed by atoms with Crippen molar-refractivity contribution in [2.45, 2.75) is 25.9 Å². The third-order valence-electron chi connectivity index (χ3n) is 3.39. The SMILES string of the molecule is COc1cc(CNC(=O)CC2CSCCN2)ccc1C.Cl. The first kappa shape index (κ1) is 18.1. The second-order valence-corrected chi connectivity index (χ2v) is 6.16. The number of methoxy groups -OCH3 is 1. The molecule has 0 saturated carbocycles. The summed E-state index contributed by atoms with van der Waals surface area (Å²) in [5.41, 5.74) is 2.16. The zero-order valence-corrected chi connectivity index (χ0v) is 14.1. The molecule has 6 heteroatoms. The molecule has 0 spiro atoms. The minimum atomic E-state index is 0. The highest BCUT2D eigenvalue weighted by Crippen LogP contribution is 2.18. The molecule has 1 heterocycles. The Balaban J connectivity index is 0.00000220. The van der Waals surface area contributed by atoms with Crippen molar-refractivity contribution >= 4 is 30.1 Å². The molecule has 1 fully saturated rings. The molecule has 21 heavy (non-hydrogen) atoms. The lowest BCUT2D eigenvalue weighted by Gasteiger charge is -2.22. The average molecular weight is 331 g/mol. The standard InChI is InChI=1S/C15H22N2O2S.ClH/c1-11-3-4-12(7-14(11)19-2)9-17-15(18)8-13-10-20-6-5-16-13;/h3-4,7,13,16H,5-6,8-10H2,1-2H3,(H,17,18);1H. The molecule has 118 valence electrons. The average Bonchev–Trinajstić information content (AvgIpc) is 2.47. The van der Waals surface area contributed by atoms with Crippen molar-refractivity contribution in [2.24, 2.45) is 0 Å². The van der Waals surface area contributed by atoms with Gasteiger partial charge < -0.3 is 15.4 Å². The zero-order valence-electron chi connectivity index (χ0n) is 12.5. The fourth-order valence-electron chi connectivity index (χ4n) is 2.22. The van der Waals surface area contributed by atoms with Gasteiger partial charge in [0.2, 0.25) is 5.91 Å². The predicted octanol–water partition coefficient (Wildman–Crippen LogP) is 2.14. The lowest BCUT2D eigenvalue weighted by atomic mass is 10.1. The normalized spacial score (nSPS) is 17.7. The highest BCUT2D eigenvalue weighted by molar-refractivity contribution is 7.99. The Morgan fingerprint density at radius 3 is 3.00 bits per heavy atom. The Morgan fingerprint density at radius 2 is 2.33 bits per heavy atom. The summed E-state index contributed by atoms with van der Waals surface area (Å²) in [4.78, 5) is 11.9. The molecule has 1 unspecified atom stereocenters. The van der Waals surface area contributed by atoms with E-state index in [0.29, 0.717) is 19.0 Å². The van der Waals surface area contributed by atoms with Crippen LogP contribution >= 0.6 is 24.2 Å². The number of benzene rings is 1. The topological polar surface area (TPSA) is 50.4 Å². The summed E-state index contributed by atoms with van der Waals surface area (Å²) in [6.07, 6.45) is 0.552. The first-order valence-corrected chi connectivity index (χ1v) is 8.06. The quantitative estimate of drug-likeness (QED) is 0.868. The second-order valence-electron chi connectivity index (χ2n) is 5.01. The number of ether oxygens (including phenoxy) is 1. The Bertz CT molecular complexity index is 465. The van der Waals surface area contributed by atoms with E-state index in [1.807, 2.05) is 36.9 Å². The van der Waals surface area contributed by atoms with E-state index in [2.05, 4.69) is 10.6 Å². The van der Waals surface area contributed by atoms with Crippen LogP contribution in [0.2, 0.25) is 0 Å². The van der Waals surface area contributed by atoms with E-state index in [1.165, 1.54) is 0 Å². The fraction of sp³-hybridized carbons (Fsp3) is 0.533. The zero-order chi connectivity index (χ0) is 14.4. The molecule has 1 aliphatic heterocycles. The number of hydrogen-bond donors (Lipinski definition) is 2. The summed E-state index contributed by atoms with van der Waals surface area (Å²) < 4.78 is 5.29. The van der Waals surface area contributed by atoms with E-state index >= 15 is 0 Å². The van der Waals surface area contributed by atoms with E-state index in [0.717, 1.165) is 34.9 Å². The third-order valence-corrected chi connectivity index (χ3v) is 4.52. The largest absolute Gasteiger partial charge is 0.496 e. The van der Waals surface area contributed by atoms with Crippen LogP contribution < -0.4 is 15.4 Å². The van der Waals surface area contributed by atoms with Crippen LogP contribution in [0.15, 0.2) is 18.2 Å². The van der Waals surface area contributed by atoms with Crippen LogP contribution in [0.3, 0.4) is 0 Å². The van der Waals surface area contributed by atoms with Gasteiger partial charge in [-0.3, -0.25) is 4.79 Å². The first-order chi connectivity index (χ1) is 9.69. The summed E-state index contributed by atoms with van der Waals surface area (Å²) in [7, 11) is 1.66. The molecular formula is C15H23ClN2O2S. The van der Waals surface area contributed by atoms with Gasteiger partial charge in [-0.15, -0.1) is 12.4 Å². The van der Waals surface area contributed by atoms with E-state index < -0.39 is 0 Å². The minimum absolute atomic E-state index is 0. The number of nitrogens with one attached hydrogen (secondary N) is 2. The monoisotopic (exact) mass is 330 g/mol. The number of carbonyl (C=O) groups excluding carboxylic acids is 1. The van der Waals surface area contributed by atoms with Gasteiger partial charge >= 0.3 is 0 Å². The smallest absolute Gasteiger partial charge is 0.221 e. The molecule has 1 aliphatic rings. The van der Waals surface area contributed by atoms with Crippen LogP contribution in [0.5, 0.6) is 5.75 Å². The van der Waals surface area contributed by atoms with Crippen molar-refractivity contribution in [1.29, 1.82) is 0 Å². The number of carbonyl (C=O) groups is 1. The molecule has 1 atom stereocenters. The van der Waals surface area contributed by atoms with E-state index in [1.54, 1.807) is 7.11 Å². The predicted molar refractivity (Wildman–Crippen MR) is 90.6 cm³/mol. The molecule has 1 amide bonds. The van der Waals surface area contributed by atoms with Crippen LogP contribution in [0.1, 0.15) is 17.5 Å². The highest BCUT2D eigenvalue weighted by atomic mass is 35.5. The lowest BCUT2D eigenvalue weighted by molar-refractivity contribution is -0.121. The molecule has 2 N–H and O–H groups in total. The number of hydrogen-bond acceptors (Lipinski definition) is 4. The number of rotatable bonds is 5. The van der Waals surface area contributed by atoms with Crippen molar-refractivity contribution in [2.75, 3.05) is 25.2 Å². The van der Waals surface area contributed by atoms with E-state index in [4.69, 9.17) is 4.74 Å². The van der Waals surface area contributed by atoms with Gasteiger partial charge in [-0.1, -0.05) is 12.1 Å². The molecule has 0 radical (unpaired) electrons. The molecule has 0 bridgehead atoms. The Labute approximate surface area is 136 Å². The fourth-order valence-corrected chi connectivity index (χ4v) is 3.17. The van der Waals surface area contributed by atoms with Gasteiger partial charge in [0.05, 0.1) is 7.11 Å². The lowest BCUT2D eigenvalue weighted by Crippen LogP contribution is -2.41. The van der Waals surface area contributed by atoms with Crippen molar-refractivity contribution in [3.8, 4) is 5.75 Å². The van der Waals surface area contributed by atoms with Crippen molar-refractivity contribution < 1.29 is 9.53 Å². The molecule has 0 aliphatic carbocycles. The number of aryl methyl sites for hydroxylation is 1. The molecular weight excluding hydrogens is 308 g/mol. The van der Waals surface area contributed by atoms with Gasteiger partial charge in [0, 0.05) is 37.1 Å². The van der Waals surface area contributed by atoms with Gasteiger partial charge in [0.15, 0.2) is 0 Å². The summed E-state index contributed by atoms with van der Waals surface area (Å²) in [6, 6.07) is 6.32. The van der Waals surface area contributed by atoms with Crippen LogP contribution in [0.4, 0.5) is 0 Å². The maximum absolute atomic E-state index is 11.9. The number of thioether (sulfide) groups is 1. The Kier molecular flexibility index (Phi) is 7.93. The van der Waals surface area contributed by atoms with Crippen LogP contribution in [-0.2, 0) is 11.3 Å². The summed E-state index contributed by atoms with van der Waals surface area (Å²) in [6.45, 7) is 3.56. The number of halogens is 1. The van der Waals surface area contributed by atoms with Gasteiger partial charge in [-0.05, 0) is 24.1 Å². The van der Waals surface area contributed by atoms with Crippen molar-refractivity contribution in [3.05, 3.63) is 29.3 Å². The molecule has 1 aromatic rings. The van der Waals surface area contributed by atoms with Crippen molar-refractivity contribution in [1.82, 2.24) is 10.6 Å². The highest BCUT2D eigenvalue weighted by Gasteiger charge is 2.16. The second kappa shape index (κ2) is 9.18. The van der Waals surface area contributed by atoms with Crippen molar-refractivity contribution in [3.63, 3.8) is 0 Å². The van der Waals surface area contributed by atoms with Gasteiger partial charge in [-0.25, -0.2) is 0 Å². The van der Waals surface area contributed by atoms with Crippen LogP contribution in [0, 0.1) is 6.92 Å². The molecule has 0 aromatic heterocycles. The maximum Gasteiger partial charge on any atom is 0.221 e. The Hall–Kier alpha value is -0.910. The summed E-state index contributed by atoms with van der Waals surface area (Å²) in [5, 5.41) is 6.35.